The van der Waals surface area contributed by atoms with Gasteiger partial charge in [-0.2, -0.15) is 16.3 Å². The molecule has 5 heteroatoms. The van der Waals surface area contributed by atoms with Crippen LogP contribution in [0.2, 0.25) is 0 Å². The van der Waals surface area contributed by atoms with E-state index >= 15 is 0 Å². The Morgan fingerprint density at radius 1 is 1.37 bits per heavy atom. The van der Waals surface area contributed by atoms with Crippen molar-refractivity contribution in [2.24, 2.45) is 11.7 Å². The number of aromatic nitrogens is 2. The molecule has 0 saturated heterocycles. The molecular formula is C14H19N3OS. The highest BCUT2D eigenvalue weighted by Gasteiger charge is 2.30. The lowest BCUT2D eigenvalue weighted by Gasteiger charge is -2.27. The second kappa shape index (κ2) is 5.43. The van der Waals surface area contributed by atoms with Gasteiger partial charge in [0.2, 0.25) is 11.7 Å². The van der Waals surface area contributed by atoms with Gasteiger partial charge in [0, 0.05) is 16.9 Å². The maximum Gasteiger partial charge on any atom is 0.230 e. The minimum Gasteiger partial charge on any atom is -0.339 e. The Morgan fingerprint density at radius 3 is 2.95 bits per heavy atom. The fraction of sp³-hybridized carbons (Fsp3) is 0.571. The topological polar surface area (TPSA) is 64.9 Å². The summed E-state index contributed by atoms with van der Waals surface area (Å²) in [6.45, 7) is 2.78. The number of nitrogens with two attached hydrogens (primary N) is 1. The van der Waals surface area contributed by atoms with E-state index in [9.17, 15) is 0 Å². The largest absolute Gasteiger partial charge is 0.339 e. The first-order chi connectivity index (χ1) is 9.29. The highest BCUT2D eigenvalue weighted by Crippen LogP contribution is 2.37. The fourth-order valence-electron chi connectivity index (χ4n) is 2.90. The van der Waals surface area contributed by atoms with E-state index in [4.69, 9.17) is 10.3 Å². The van der Waals surface area contributed by atoms with Crippen molar-refractivity contribution < 1.29 is 4.52 Å². The van der Waals surface area contributed by atoms with Gasteiger partial charge in [-0.15, -0.1) is 0 Å². The Balaban J connectivity index is 1.86. The van der Waals surface area contributed by atoms with Gasteiger partial charge in [-0.05, 0) is 43.2 Å². The van der Waals surface area contributed by atoms with Crippen LogP contribution in [0.1, 0.15) is 43.1 Å². The van der Waals surface area contributed by atoms with Crippen LogP contribution in [-0.4, -0.2) is 16.7 Å². The second-order valence-electron chi connectivity index (χ2n) is 5.31. The second-order valence-corrected chi connectivity index (χ2v) is 6.05. The molecule has 0 aliphatic heterocycles. The lowest BCUT2D eigenvalue weighted by Crippen LogP contribution is -2.25. The number of aryl methyl sites for hydroxylation is 1. The smallest absolute Gasteiger partial charge is 0.230 e. The first-order valence-electron chi connectivity index (χ1n) is 6.86. The van der Waals surface area contributed by atoms with Gasteiger partial charge in [0.25, 0.3) is 0 Å². The van der Waals surface area contributed by atoms with E-state index in [0.29, 0.717) is 18.4 Å². The van der Waals surface area contributed by atoms with Crippen molar-refractivity contribution in [2.45, 2.75) is 38.5 Å². The molecule has 1 saturated carbocycles. The first kappa shape index (κ1) is 12.8. The van der Waals surface area contributed by atoms with Gasteiger partial charge in [0.05, 0.1) is 0 Å². The molecule has 1 fully saturated rings. The van der Waals surface area contributed by atoms with Crippen molar-refractivity contribution in [2.75, 3.05) is 6.54 Å². The summed E-state index contributed by atoms with van der Waals surface area (Å²) in [5.41, 5.74) is 8.16. The summed E-state index contributed by atoms with van der Waals surface area (Å²) >= 11 is 1.67. The molecule has 0 aromatic carbocycles. The molecule has 19 heavy (non-hydrogen) atoms. The molecule has 0 radical (unpaired) electrons. The van der Waals surface area contributed by atoms with Crippen LogP contribution in [0.3, 0.4) is 0 Å². The third kappa shape index (κ3) is 2.44. The van der Waals surface area contributed by atoms with E-state index in [0.717, 1.165) is 23.7 Å². The van der Waals surface area contributed by atoms with Crippen LogP contribution < -0.4 is 5.73 Å². The predicted molar refractivity (Wildman–Crippen MR) is 76.1 cm³/mol. The maximum absolute atomic E-state index is 5.87. The molecule has 2 aromatic heterocycles. The Hall–Kier alpha value is -1.20. The van der Waals surface area contributed by atoms with Crippen molar-refractivity contribution in [1.29, 1.82) is 0 Å². The lowest BCUT2D eigenvalue weighted by atomic mass is 9.79. The van der Waals surface area contributed by atoms with E-state index in [1.807, 2.05) is 0 Å². The van der Waals surface area contributed by atoms with Crippen LogP contribution in [0, 0.1) is 12.8 Å². The summed E-state index contributed by atoms with van der Waals surface area (Å²) in [6.07, 6.45) is 4.79. The monoisotopic (exact) mass is 277 g/mol. The molecule has 102 valence electrons. The van der Waals surface area contributed by atoms with Crippen LogP contribution in [0.5, 0.6) is 0 Å². The normalized spacial score (nSPS) is 23.7. The van der Waals surface area contributed by atoms with Crippen molar-refractivity contribution in [3.8, 4) is 11.4 Å². The zero-order valence-corrected chi connectivity index (χ0v) is 11.9. The standard InChI is InChI=1S/C14H19N3OS/c1-9-7-19-8-12(9)13-16-14(18-17-13)11-5-3-2-4-10(11)6-15/h7-8,10-11H,2-6,15H2,1H3. The Labute approximate surface area is 117 Å². The minimum absolute atomic E-state index is 0.346. The van der Waals surface area contributed by atoms with Gasteiger partial charge >= 0.3 is 0 Å². The van der Waals surface area contributed by atoms with Crippen molar-refractivity contribution in [3.05, 3.63) is 22.2 Å². The lowest BCUT2D eigenvalue weighted by molar-refractivity contribution is 0.249. The molecule has 3 rings (SSSR count). The van der Waals surface area contributed by atoms with Gasteiger partial charge in [0.1, 0.15) is 0 Å². The van der Waals surface area contributed by atoms with E-state index in [1.165, 1.54) is 24.8 Å². The van der Waals surface area contributed by atoms with Gasteiger partial charge in [0.15, 0.2) is 0 Å². The highest BCUT2D eigenvalue weighted by molar-refractivity contribution is 7.08. The zero-order valence-electron chi connectivity index (χ0n) is 11.1. The summed E-state index contributed by atoms with van der Waals surface area (Å²) in [5.74, 6) is 2.33. The Morgan fingerprint density at radius 2 is 2.21 bits per heavy atom. The van der Waals surface area contributed by atoms with Crippen LogP contribution in [-0.2, 0) is 0 Å². The third-order valence-corrected chi connectivity index (χ3v) is 4.93. The molecule has 0 spiro atoms. The molecule has 1 aliphatic rings. The Kier molecular flexibility index (Phi) is 3.66. The zero-order chi connectivity index (χ0) is 13.2. The van der Waals surface area contributed by atoms with E-state index in [-0.39, 0.29) is 0 Å². The maximum atomic E-state index is 5.87. The molecule has 0 bridgehead atoms. The highest BCUT2D eigenvalue weighted by atomic mass is 32.1. The first-order valence-corrected chi connectivity index (χ1v) is 7.80. The SMILES string of the molecule is Cc1cscc1-c1noc(C2CCCCC2CN)n1. The van der Waals surface area contributed by atoms with Crippen LogP contribution in [0.15, 0.2) is 15.3 Å². The van der Waals surface area contributed by atoms with E-state index < -0.39 is 0 Å². The summed E-state index contributed by atoms with van der Waals surface area (Å²) in [4.78, 5) is 4.61. The number of thiophene rings is 1. The van der Waals surface area contributed by atoms with Crippen molar-refractivity contribution in [3.63, 3.8) is 0 Å². The van der Waals surface area contributed by atoms with Crippen molar-refractivity contribution in [1.82, 2.24) is 10.1 Å². The van der Waals surface area contributed by atoms with E-state index in [2.05, 4.69) is 27.8 Å². The minimum atomic E-state index is 0.346. The van der Waals surface area contributed by atoms with Gasteiger partial charge in [-0.25, -0.2) is 0 Å². The molecule has 1 aliphatic carbocycles. The summed E-state index contributed by atoms with van der Waals surface area (Å²) in [6, 6.07) is 0. The summed E-state index contributed by atoms with van der Waals surface area (Å²) in [5, 5.41) is 8.32. The molecule has 2 atom stereocenters. The molecule has 2 unspecified atom stereocenters. The van der Waals surface area contributed by atoms with Crippen LogP contribution in [0.4, 0.5) is 0 Å². The molecule has 0 amide bonds. The van der Waals surface area contributed by atoms with Gasteiger partial charge < -0.3 is 10.3 Å². The Bertz CT molecular complexity index is 548. The number of nitrogens with zero attached hydrogens (tertiary/aromatic N) is 2. The average Bonchev–Trinajstić information content (AvgIpc) is 3.07. The fourth-order valence-corrected chi connectivity index (χ4v) is 3.73. The summed E-state index contributed by atoms with van der Waals surface area (Å²) in [7, 11) is 0. The summed E-state index contributed by atoms with van der Waals surface area (Å²) < 4.78 is 5.50. The predicted octanol–water partition coefficient (Wildman–Crippen LogP) is 3.34. The molecule has 2 N–H and O–H groups in total. The average molecular weight is 277 g/mol. The number of rotatable bonds is 3. The third-order valence-electron chi connectivity index (χ3n) is 4.07. The number of hydrogen-bond donors (Lipinski definition) is 1. The number of hydrogen-bond acceptors (Lipinski definition) is 5. The van der Waals surface area contributed by atoms with Crippen molar-refractivity contribution >= 4 is 11.3 Å². The molecular weight excluding hydrogens is 258 g/mol. The molecule has 2 aromatic rings. The van der Waals surface area contributed by atoms with E-state index in [1.54, 1.807) is 11.3 Å². The quantitative estimate of drug-likeness (QED) is 0.934. The molecule has 2 heterocycles. The van der Waals surface area contributed by atoms with Crippen LogP contribution in [0.25, 0.3) is 11.4 Å². The molecule has 4 nitrogen and oxygen atoms in total. The van der Waals surface area contributed by atoms with Gasteiger partial charge in [-0.1, -0.05) is 18.0 Å². The van der Waals surface area contributed by atoms with Crippen LogP contribution >= 0.6 is 11.3 Å². The van der Waals surface area contributed by atoms with Gasteiger partial charge in [-0.3, -0.25) is 0 Å².